The molecule has 1 aliphatic rings. The molecule has 0 saturated carbocycles. The van der Waals surface area contributed by atoms with E-state index in [9.17, 15) is 0 Å². The third-order valence-electron chi connectivity index (χ3n) is 3.81. The molecule has 1 aromatic rings. The number of hydrogen-bond donors (Lipinski definition) is 1. The first-order valence-electron chi connectivity index (χ1n) is 7.02. The second-order valence-electron chi connectivity index (χ2n) is 5.55. The molecular weight excluding hydrogens is 242 g/mol. The first-order valence-corrected chi connectivity index (χ1v) is 8.00. The summed E-state index contributed by atoms with van der Waals surface area (Å²) in [5.41, 5.74) is 1.15. The first kappa shape index (κ1) is 13.9. The number of aromatic nitrogens is 2. The van der Waals surface area contributed by atoms with Crippen LogP contribution in [0.25, 0.3) is 0 Å². The fourth-order valence-corrected chi connectivity index (χ4v) is 3.61. The molecule has 0 radical (unpaired) electrons. The van der Waals surface area contributed by atoms with E-state index in [0.29, 0.717) is 10.8 Å². The summed E-state index contributed by atoms with van der Waals surface area (Å²) in [5.74, 6) is 1.32. The molecule has 2 heterocycles. The molecule has 2 rings (SSSR count). The summed E-state index contributed by atoms with van der Waals surface area (Å²) in [6.45, 7) is 8.76. The molecule has 2 unspecified atom stereocenters. The molecule has 0 aliphatic carbocycles. The third kappa shape index (κ3) is 3.51. The molecule has 4 heteroatoms. The molecule has 0 amide bonds. The number of nitrogens with zero attached hydrogens (tertiary/aromatic N) is 2. The number of thioether (sulfide) groups is 1. The lowest BCUT2D eigenvalue weighted by Gasteiger charge is -2.22. The Labute approximate surface area is 115 Å². The molecule has 18 heavy (non-hydrogen) atoms. The predicted octanol–water partition coefficient (Wildman–Crippen LogP) is 3.23. The van der Waals surface area contributed by atoms with Crippen LogP contribution < -0.4 is 5.32 Å². The van der Waals surface area contributed by atoms with E-state index in [0.717, 1.165) is 25.2 Å². The van der Waals surface area contributed by atoms with Gasteiger partial charge in [0.2, 0.25) is 0 Å². The van der Waals surface area contributed by atoms with Gasteiger partial charge in [-0.1, -0.05) is 6.92 Å². The Morgan fingerprint density at radius 2 is 2.44 bits per heavy atom. The summed E-state index contributed by atoms with van der Waals surface area (Å²) in [5, 5.41) is 8.17. The zero-order valence-electron chi connectivity index (χ0n) is 11.8. The van der Waals surface area contributed by atoms with Crippen molar-refractivity contribution in [1.29, 1.82) is 0 Å². The number of nitrogens with one attached hydrogen (secondary N) is 1. The fourth-order valence-electron chi connectivity index (χ4n) is 2.34. The average molecular weight is 267 g/mol. The van der Waals surface area contributed by atoms with Crippen LogP contribution in [-0.2, 0) is 6.54 Å². The molecule has 1 aromatic heterocycles. The summed E-state index contributed by atoms with van der Waals surface area (Å²) in [6.07, 6.45) is 5.93. The van der Waals surface area contributed by atoms with Crippen molar-refractivity contribution in [3.05, 3.63) is 18.0 Å². The molecule has 0 aromatic carbocycles. The van der Waals surface area contributed by atoms with Gasteiger partial charge in [0, 0.05) is 30.1 Å². The Morgan fingerprint density at radius 3 is 3.11 bits per heavy atom. The summed E-state index contributed by atoms with van der Waals surface area (Å²) in [4.78, 5) is 0. The van der Waals surface area contributed by atoms with E-state index in [1.807, 2.05) is 0 Å². The summed E-state index contributed by atoms with van der Waals surface area (Å²) in [6, 6.07) is 2.63. The van der Waals surface area contributed by atoms with E-state index in [1.54, 1.807) is 0 Å². The van der Waals surface area contributed by atoms with Crippen LogP contribution in [0.1, 0.15) is 51.8 Å². The van der Waals surface area contributed by atoms with Crippen LogP contribution in [0, 0.1) is 0 Å². The van der Waals surface area contributed by atoms with Gasteiger partial charge in [-0.3, -0.25) is 4.68 Å². The van der Waals surface area contributed by atoms with E-state index < -0.39 is 0 Å². The second kappa shape index (κ2) is 6.11. The summed E-state index contributed by atoms with van der Waals surface area (Å²) >= 11 is 2.11. The normalized spacial score (nSPS) is 25.5. The smallest absolute Gasteiger partial charge is 0.0762 e. The Balaban J connectivity index is 1.78. The van der Waals surface area contributed by atoms with E-state index in [2.05, 4.69) is 59.9 Å². The van der Waals surface area contributed by atoms with E-state index in [1.165, 1.54) is 18.6 Å². The molecule has 1 saturated heterocycles. The van der Waals surface area contributed by atoms with Crippen molar-refractivity contribution >= 4 is 11.8 Å². The van der Waals surface area contributed by atoms with Crippen molar-refractivity contribution in [2.24, 2.45) is 0 Å². The van der Waals surface area contributed by atoms with Crippen LogP contribution in [0.4, 0.5) is 0 Å². The zero-order chi connectivity index (χ0) is 13.0. The highest BCUT2D eigenvalue weighted by molar-refractivity contribution is 8.00. The van der Waals surface area contributed by atoms with Crippen molar-refractivity contribution < 1.29 is 0 Å². The largest absolute Gasteiger partial charge is 0.310 e. The highest BCUT2D eigenvalue weighted by Crippen LogP contribution is 2.36. The van der Waals surface area contributed by atoms with Gasteiger partial charge in [0.25, 0.3) is 0 Å². The van der Waals surface area contributed by atoms with Crippen molar-refractivity contribution in [3.63, 3.8) is 0 Å². The van der Waals surface area contributed by atoms with Gasteiger partial charge in [0.15, 0.2) is 0 Å². The van der Waals surface area contributed by atoms with Crippen LogP contribution in [0.3, 0.4) is 0 Å². The lowest BCUT2D eigenvalue weighted by molar-refractivity contribution is 0.468. The summed E-state index contributed by atoms with van der Waals surface area (Å²) in [7, 11) is 0. The molecule has 1 aliphatic heterocycles. The van der Waals surface area contributed by atoms with Gasteiger partial charge >= 0.3 is 0 Å². The maximum absolute atomic E-state index is 4.62. The SMILES string of the molecule is CCC(C)n1ccc(CNCC2(C)CCCS2)n1. The van der Waals surface area contributed by atoms with E-state index >= 15 is 0 Å². The van der Waals surface area contributed by atoms with Crippen molar-refractivity contribution in [1.82, 2.24) is 15.1 Å². The van der Waals surface area contributed by atoms with Crippen LogP contribution >= 0.6 is 11.8 Å². The molecule has 2 atom stereocenters. The van der Waals surface area contributed by atoms with E-state index in [4.69, 9.17) is 0 Å². The maximum atomic E-state index is 4.62. The number of rotatable bonds is 6. The van der Waals surface area contributed by atoms with Gasteiger partial charge in [-0.2, -0.15) is 16.9 Å². The minimum atomic E-state index is 0.444. The number of hydrogen-bond acceptors (Lipinski definition) is 3. The highest BCUT2D eigenvalue weighted by Gasteiger charge is 2.28. The lowest BCUT2D eigenvalue weighted by atomic mass is 10.1. The van der Waals surface area contributed by atoms with Crippen molar-refractivity contribution in [2.75, 3.05) is 12.3 Å². The Morgan fingerprint density at radius 1 is 1.61 bits per heavy atom. The third-order valence-corrected chi connectivity index (χ3v) is 5.35. The van der Waals surface area contributed by atoms with Gasteiger partial charge < -0.3 is 5.32 Å². The van der Waals surface area contributed by atoms with Gasteiger partial charge in [-0.25, -0.2) is 0 Å². The molecule has 1 N–H and O–H groups in total. The predicted molar refractivity (Wildman–Crippen MR) is 79.0 cm³/mol. The topological polar surface area (TPSA) is 29.9 Å². The molecular formula is C14H25N3S. The van der Waals surface area contributed by atoms with Crippen LogP contribution in [0.2, 0.25) is 0 Å². The Kier molecular flexibility index (Phi) is 4.73. The summed E-state index contributed by atoms with van der Waals surface area (Å²) < 4.78 is 2.52. The first-order chi connectivity index (χ1) is 8.63. The Hall–Kier alpha value is -0.480. The molecule has 102 valence electrons. The standard InChI is InChI=1S/C14H25N3S/c1-4-12(2)17-8-6-13(16-17)10-15-11-14(3)7-5-9-18-14/h6,8,12,15H,4-5,7,9-11H2,1-3H3. The van der Waals surface area contributed by atoms with Crippen LogP contribution in [0.5, 0.6) is 0 Å². The highest BCUT2D eigenvalue weighted by atomic mass is 32.2. The zero-order valence-corrected chi connectivity index (χ0v) is 12.6. The van der Waals surface area contributed by atoms with Crippen molar-refractivity contribution in [2.45, 2.75) is 57.4 Å². The molecule has 1 fully saturated rings. The average Bonchev–Trinajstić information content (AvgIpc) is 2.98. The minimum absolute atomic E-state index is 0.444. The molecule has 0 spiro atoms. The molecule has 3 nitrogen and oxygen atoms in total. The maximum Gasteiger partial charge on any atom is 0.0762 e. The van der Waals surface area contributed by atoms with Gasteiger partial charge in [-0.05, 0) is 44.9 Å². The Bertz CT molecular complexity index is 369. The van der Waals surface area contributed by atoms with E-state index in [-0.39, 0.29) is 0 Å². The monoisotopic (exact) mass is 267 g/mol. The molecule has 0 bridgehead atoms. The van der Waals surface area contributed by atoms with Crippen molar-refractivity contribution in [3.8, 4) is 0 Å². The van der Waals surface area contributed by atoms with Gasteiger partial charge in [0.1, 0.15) is 0 Å². The minimum Gasteiger partial charge on any atom is -0.310 e. The van der Waals surface area contributed by atoms with Gasteiger partial charge in [0.05, 0.1) is 5.69 Å². The lowest BCUT2D eigenvalue weighted by Crippen LogP contribution is -2.32. The van der Waals surface area contributed by atoms with Gasteiger partial charge in [-0.15, -0.1) is 0 Å². The van der Waals surface area contributed by atoms with Crippen LogP contribution in [-0.4, -0.2) is 26.8 Å². The fraction of sp³-hybridized carbons (Fsp3) is 0.786. The quantitative estimate of drug-likeness (QED) is 0.858. The van der Waals surface area contributed by atoms with Crippen LogP contribution in [0.15, 0.2) is 12.3 Å². The second-order valence-corrected chi connectivity index (χ2v) is 7.23.